The molecule has 60 valence electrons. The maximum absolute atomic E-state index is 5.77. The van der Waals surface area contributed by atoms with Crippen LogP contribution in [0.1, 0.15) is 19.3 Å². The van der Waals surface area contributed by atoms with E-state index in [1.54, 1.807) is 0 Å². The second kappa shape index (κ2) is 2.76. The lowest BCUT2D eigenvalue weighted by Gasteiger charge is -2.24. The van der Waals surface area contributed by atoms with E-state index >= 15 is 0 Å². The van der Waals surface area contributed by atoms with E-state index in [0.717, 1.165) is 6.42 Å². The summed E-state index contributed by atoms with van der Waals surface area (Å²) in [6.07, 6.45) is 12.2. The van der Waals surface area contributed by atoms with Crippen molar-refractivity contribution < 1.29 is 4.74 Å². The smallest absolute Gasteiger partial charge is 0.145 e. The largest absolute Gasteiger partial charge is 0.356 e. The van der Waals surface area contributed by atoms with Crippen molar-refractivity contribution in [3.63, 3.8) is 0 Å². The lowest BCUT2D eigenvalue weighted by atomic mass is 10.1. The van der Waals surface area contributed by atoms with Crippen molar-refractivity contribution in [3.8, 4) is 0 Å². The molecule has 0 aromatic heterocycles. The van der Waals surface area contributed by atoms with Gasteiger partial charge in [0.05, 0.1) is 6.10 Å². The first-order chi connectivity index (χ1) is 5.29. The van der Waals surface area contributed by atoms with Crippen molar-refractivity contribution in [1.29, 1.82) is 0 Å². The second-order valence-electron chi connectivity index (χ2n) is 3.09. The lowest BCUT2D eigenvalue weighted by Crippen LogP contribution is -2.23. The lowest BCUT2D eigenvalue weighted by molar-refractivity contribution is 0.0526. The molecular formula is C9H11BrO. The molecule has 1 nitrogen and oxygen atoms in total. The first-order valence-corrected chi connectivity index (χ1v) is 4.79. The molecule has 0 bridgehead atoms. The molecule has 0 saturated heterocycles. The van der Waals surface area contributed by atoms with Crippen molar-refractivity contribution in [3.05, 3.63) is 24.3 Å². The van der Waals surface area contributed by atoms with E-state index in [4.69, 9.17) is 4.74 Å². The van der Waals surface area contributed by atoms with E-state index in [1.807, 2.05) is 6.08 Å². The number of hydrogen-bond donors (Lipinski definition) is 0. The zero-order valence-electron chi connectivity index (χ0n) is 6.29. The van der Waals surface area contributed by atoms with Gasteiger partial charge < -0.3 is 4.74 Å². The van der Waals surface area contributed by atoms with Gasteiger partial charge in [0.2, 0.25) is 0 Å². The number of allylic oxidation sites excluding steroid dienone is 2. The zero-order chi connectivity index (χ0) is 7.73. The maximum Gasteiger partial charge on any atom is 0.145 e. The number of hydrogen-bond acceptors (Lipinski definition) is 1. The monoisotopic (exact) mass is 214 g/mol. The molecule has 0 spiro atoms. The van der Waals surface area contributed by atoms with Gasteiger partial charge in [-0.25, -0.2) is 0 Å². The normalized spacial score (nSPS) is 36.1. The summed E-state index contributed by atoms with van der Waals surface area (Å²) in [5.74, 6) is 0. The Morgan fingerprint density at radius 3 is 2.73 bits per heavy atom. The van der Waals surface area contributed by atoms with Gasteiger partial charge in [0.1, 0.15) is 4.51 Å². The highest BCUT2D eigenvalue weighted by Gasteiger charge is 2.33. The Morgan fingerprint density at radius 2 is 2.18 bits per heavy atom. The van der Waals surface area contributed by atoms with Crippen molar-refractivity contribution in [2.45, 2.75) is 29.9 Å². The summed E-state index contributed by atoms with van der Waals surface area (Å²) in [6.45, 7) is 0. The highest BCUT2D eigenvalue weighted by atomic mass is 79.9. The predicted octanol–water partition coefficient (Wildman–Crippen LogP) is 2.77. The second-order valence-corrected chi connectivity index (χ2v) is 4.44. The Labute approximate surface area is 75.2 Å². The average Bonchev–Trinajstić information content (AvgIpc) is 2.72. The third-order valence-electron chi connectivity index (χ3n) is 1.88. The van der Waals surface area contributed by atoms with Crippen LogP contribution >= 0.6 is 15.9 Å². The van der Waals surface area contributed by atoms with Gasteiger partial charge in [-0.2, -0.15) is 0 Å². The van der Waals surface area contributed by atoms with Crippen molar-refractivity contribution >= 4 is 15.9 Å². The third kappa shape index (κ3) is 1.94. The zero-order valence-corrected chi connectivity index (χ0v) is 7.88. The van der Waals surface area contributed by atoms with E-state index < -0.39 is 0 Å². The van der Waals surface area contributed by atoms with Gasteiger partial charge >= 0.3 is 0 Å². The number of halogens is 1. The molecule has 0 N–H and O–H groups in total. The van der Waals surface area contributed by atoms with Gasteiger partial charge in [-0.05, 0) is 34.8 Å². The summed E-state index contributed by atoms with van der Waals surface area (Å²) < 4.78 is 5.58. The summed E-state index contributed by atoms with van der Waals surface area (Å²) >= 11 is 3.58. The van der Waals surface area contributed by atoms with Gasteiger partial charge in [0.25, 0.3) is 0 Å². The minimum Gasteiger partial charge on any atom is -0.356 e. The Balaban J connectivity index is 1.97. The summed E-state index contributed by atoms with van der Waals surface area (Å²) in [7, 11) is 0. The molecule has 2 rings (SSSR count). The van der Waals surface area contributed by atoms with Crippen LogP contribution in [0.15, 0.2) is 24.3 Å². The van der Waals surface area contributed by atoms with E-state index in [-0.39, 0.29) is 4.51 Å². The molecule has 1 unspecified atom stereocenters. The molecule has 0 heterocycles. The summed E-state index contributed by atoms with van der Waals surface area (Å²) in [6, 6.07) is 0. The molecule has 0 amide bonds. The Bertz CT molecular complexity index is 206. The van der Waals surface area contributed by atoms with Gasteiger partial charge in [0.15, 0.2) is 0 Å². The molecule has 0 aromatic rings. The molecule has 1 fully saturated rings. The SMILES string of the molecule is BrC1(OC2CC2)C=CC=CC1. The topological polar surface area (TPSA) is 9.23 Å². The molecule has 0 radical (unpaired) electrons. The fraction of sp³-hybridized carbons (Fsp3) is 0.556. The standard InChI is InChI=1S/C9H11BrO/c10-9(11-8-4-5-8)6-2-1-3-7-9/h1-3,6,8H,4-5,7H2. The Morgan fingerprint density at radius 1 is 1.36 bits per heavy atom. The van der Waals surface area contributed by atoms with Crippen LogP contribution in [0.25, 0.3) is 0 Å². The number of ether oxygens (including phenoxy) is 1. The highest BCUT2D eigenvalue weighted by molar-refractivity contribution is 9.10. The van der Waals surface area contributed by atoms with Gasteiger partial charge in [-0.3, -0.25) is 0 Å². The van der Waals surface area contributed by atoms with Gasteiger partial charge in [0, 0.05) is 6.42 Å². The third-order valence-corrected chi connectivity index (χ3v) is 2.65. The molecule has 2 heteroatoms. The molecule has 0 aliphatic heterocycles. The van der Waals surface area contributed by atoms with Crippen LogP contribution < -0.4 is 0 Å². The van der Waals surface area contributed by atoms with Crippen LogP contribution in [0, 0.1) is 0 Å². The Kier molecular flexibility index (Phi) is 1.90. The number of rotatable bonds is 2. The predicted molar refractivity (Wildman–Crippen MR) is 48.7 cm³/mol. The molecule has 0 aromatic carbocycles. The van der Waals surface area contributed by atoms with Crippen LogP contribution in [-0.4, -0.2) is 10.6 Å². The summed E-state index contributed by atoms with van der Waals surface area (Å²) in [4.78, 5) is 0. The van der Waals surface area contributed by atoms with E-state index in [1.165, 1.54) is 12.8 Å². The molecule has 2 aliphatic rings. The maximum atomic E-state index is 5.77. The van der Waals surface area contributed by atoms with E-state index in [2.05, 4.69) is 34.2 Å². The molecule has 2 aliphatic carbocycles. The molecular weight excluding hydrogens is 204 g/mol. The van der Waals surface area contributed by atoms with Crippen LogP contribution in [0.4, 0.5) is 0 Å². The van der Waals surface area contributed by atoms with Crippen LogP contribution in [0.5, 0.6) is 0 Å². The Hall–Kier alpha value is -0.0800. The van der Waals surface area contributed by atoms with Gasteiger partial charge in [-0.15, -0.1) is 0 Å². The van der Waals surface area contributed by atoms with Crippen LogP contribution in [-0.2, 0) is 4.74 Å². The fourth-order valence-electron chi connectivity index (χ4n) is 1.12. The van der Waals surface area contributed by atoms with E-state index in [9.17, 15) is 0 Å². The minimum atomic E-state index is -0.192. The highest BCUT2D eigenvalue weighted by Crippen LogP contribution is 2.37. The number of alkyl halides is 1. The molecule has 1 saturated carbocycles. The molecule has 11 heavy (non-hydrogen) atoms. The minimum absolute atomic E-state index is 0.192. The summed E-state index contributed by atoms with van der Waals surface area (Å²) in [5.41, 5.74) is 0. The first kappa shape index (κ1) is 7.56. The quantitative estimate of drug-likeness (QED) is 0.643. The van der Waals surface area contributed by atoms with Crippen LogP contribution in [0.3, 0.4) is 0 Å². The van der Waals surface area contributed by atoms with Crippen molar-refractivity contribution in [2.24, 2.45) is 0 Å². The van der Waals surface area contributed by atoms with Gasteiger partial charge in [-0.1, -0.05) is 18.2 Å². The van der Waals surface area contributed by atoms with Crippen molar-refractivity contribution in [1.82, 2.24) is 0 Å². The average molecular weight is 215 g/mol. The fourth-order valence-corrected chi connectivity index (χ4v) is 1.73. The van der Waals surface area contributed by atoms with Crippen molar-refractivity contribution in [2.75, 3.05) is 0 Å². The van der Waals surface area contributed by atoms with Crippen LogP contribution in [0.2, 0.25) is 0 Å². The van der Waals surface area contributed by atoms with E-state index in [0.29, 0.717) is 6.10 Å². The summed E-state index contributed by atoms with van der Waals surface area (Å²) in [5, 5.41) is 0. The molecule has 1 atom stereocenters. The first-order valence-electron chi connectivity index (χ1n) is 4.00.